The van der Waals surface area contributed by atoms with Crippen molar-refractivity contribution in [1.82, 2.24) is 24.4 Å². The van der Waals surface area contributed by atoms with Gasteiger partial charge in [0.25, 0.3) is 0 Å². The summed E-state index contributed by atoms with van der Waals surface area (Å²) < 4.78 is 32.0. The van der Waals surface area contributed by atoms with Gasteiger partial charge in [-0.25, -0.2) is 23.1 Å². The smallest absolute Gasteiger partial charge is 0.355 e. The maximum atomic E-state index is 15.8. The number of hydrogen-bond acceptors (Lipinski definition) is 7. The molecular formula is C31H37F2N6O3P. The Labute approximate surface area is 252 Å². The number of pyridine rings is 2. The fourth-order valence-corrected chi connectivity index (χ4v) is 5.33. The molecule has 1 N–H and O–H groups in total. The Morgan fingerprint density at radius 1 is 1.16 bits per heavy atom. The largest absolute Gasteiger partial charge is 0.507 e. The number of rotatable bonds is 5. The molecule has 0 radical (unpaired) electrons. The highest BCUT2D eigenvalue weighted by Crippen LogP contribution is 2.36. The van der Waals surface area contributed by atoms with Crippen LogP contribution in [0.3, 0.4) is 0 Å². The van der Waals surface area contributed by atoms with Gasteiger partial charge in [-0.1, -0.05) is 33.9 Å². The van der Waals surface area contributed by atoms with E-state index >= 15 is 4.39 Å². The van der Waals surface area contributed by atoms with Crippen molar-refractivity contribution in [3.8, 4) is 22.7 Å². The minimum atomic E-state index is -0.897. The van der Waals surface area contributed by atoms with Crippen molar-refractivity contribution < 1.29 is 18.7 Å². The topological polar surface area (TPSA) is 104 Å². The van der Waals surface area contributed by atoms with Gasteiger partial charge in [-0.05, 0) is 55.7 Å². The molecule has 0 bridgehead atoms. The van der Waals surface area contributed by atoms with Crippen molar-refractivity contribution in [2.24, 2.45) is 0 Å². The number of nitrogens with zero attached hydrogens (tertiary/aromatic N) is 6. The van der Waals surface area contributed by atoms with Crippen LogP contribution in [0.4, 0.5) is 14.6 Å². The molecule has 2 atom stereocenters. The van der Waals surface area contributed by atoms with E-state index in [2.05, 4.69) is 21.5 Å². The second kappa shape index (κ2) is 13.0. The lowest BCUT2D eigenvalue weighted by atomic mass is 10.0. The number of carbonyl (C=O) groups excluding carboxylic acids is 1. The number of halogens is 2. The van der Waals surface area contributed by atoms with E-state index in [0.717, 1.165) is 12.1 Å². The van der Waals surface area contributed by atoms with Crippen LogP contribution in [0.5, 0.6) is 5.75 Å². The summed E-state index contributed by atoms with van der Waals surface area (Å²) in [5.41, 5.74) is 0.275. The highest BCUT2D eigenvalue weighted by Gasteiger charge is 2.31. The number of aryl methyl sites for hydroxylation is 1. The van der Waals surface area contributed by atoms with Crippen LogP contribution in [-0.4, -0.2) is 61.1 Å². The molecule has 3 aromatic heterocycles. The second-order valence-electron chi connectivity index (χ2n) is 10.4. The SMILES string of the molecule is C.C=CC(=O)N1CCN(c2nc(=O)n(-c3c(C)ccnc3C(C)C)c3nc(-c4c(O)cccc4F)c(F)cc23)[C@@H](C)C1.P. The number of benzene rings is 1. The van der Waals surface area contributed by atoms with Crippen LogP contribution in [0.15, 0.2) is 54.0 Å². The molecule has 4 heterocycles. The molecule has 12 heteroatoms. The van der Waals surface area contributed by atoms with E-state index in [1.54, 1.807) is 17.2 Å². The number of hydrogen-bond donors (Lipinski definition) is 1. The number of phenols is 1. The van der Waals surface area contributed by atoms with Crippen molar-refractivity contribution in [2.75, 3.05) is 24.5 Å². The van der Waals surface area contributed by atoms with Gasteiger partial charge in [-0.2, -0.15) is 14.9 Å². The Morgan fingerprint density at radius 3 is 2.51 bits per heavy atom. The van der Waals surface area contributed by atoms with E-state index in [0.29, 0.717) is 36.6 Å². The van der Waals surface area contributed by atoms with Crippen molar-refractivity contribution in [1.29, 1.82) is 0 Å². The normalized spacial score (nSPS) is 14.8. The van der Waals surface area contributed by atoms with E-state index in [1.165, 1.54) is 22.8 Å². The van der Waals surface area contributed by atoms with Crippen LogP contribution in [0.2, 0.25) is 0 Å². The number of piperazine rings is 1. The van der Waals surface area contributed by atoms with Crippen molar-refractivity contribution in [3.05, 3.63) is 82.6 Å². The van der Waals surface area contributed by atoms with Gasteiger partial charge in [-0.3, -0.25) is 9.78 Å². The summed E-state index contributed by atoms with van der Waals surface area (Å²) in [6, 6.07) is 6.27. The molecular weight excluding hydrogens is 573 g/mol. The third kappa shape index (κ3) is 5.86. The fraction of sp³-hybridized carbons (Fsp3) is 0.323. The average Bonchev–Trinajstić information content (AvgIpc) is 2.93. The van der Waals surface area contributed by atoms with E-state index in [4.69, 9.17) is 0 Å². The third-order valence-corrected chi connectivity index (χ3v) is 7.34. The molecule has 0 saturated carbocycles. The summed E-state index contributed by atoms with van der Waals surface area (Å²) in [4.78, 5) is 43.0. The Kier molecular flexibility index (Phi) is 10.0. The first-order valence-corrected chi connectivity index (χ1v) is 13.3. The summed E-state index contributed by atoms with van der Waals surface area (Å²) in [6.07, 6.45) is 2.89. The fourth-order valence-electron chi connectivity index (χ4n) is 5.33. The molecule has 1 unspecified atom stereocenters. The van der Waals surface area contributed by atoms with Gasteiger partial charge in [0.1, 0.15) is 23.1 Å². The molecule has 0 aliphatic carbocycles. The lowest BCUT2D eigenvalue weighted by Crippen LogP contribution is -2.54. The summed E-state index contributed by atoms with van der Waals surface area (Å²) in [5.74, 6) is -2.35. The number of aromatic nitrogens is 4. The Balaban J connectivity index is 0.00000253. The van der Waals surface area contributed by atoms with Gasteiger partial charge in [-0.15, -0.1) is 0 Å². The number of anilines is 1. The van der Waals surface area contributed by atoms with Crippen LogP contribution in [-0.2, 0) is 4.79 Å². The Hall–Kier alpha value is -4.24. The minimum absolute atomic E-state index is 0. The van der Waals surface area contributed by atoms with Crippen LogP contribution >= 0.6 is 9.90 Å². The molecule has 1 amide bonds. The highest BCUT2D eigenvalue weighted by atomic mass is 31.0. The number of carbonyl (C=O) groups is 1. The number of phenolic OH excluding ortho intramolecular Hbond substituents is 1. The van der Waals surface area contributed by atoms with E-state index < -0.39 is 34.3 Å². The number of fused-ring (bicyclic) bond motifs is 1. The summed E-state index contributed by atoms with van der Waals surface area (Å²) in [6.45, 7) is 12.1. The lowest BCUT2D eigenvalue weighted by molar-refractivity contribution is -0.126. The molecule has 9 nitrogen and oxygen atoms in total. The zero-order valence-corrected chi connectivity index (χ0v) is 25.3. The van der Waals surface area contributed by atoms with Gasteiger partial charge in [0.15, 0.2) is 11.5 Å². The van der Waals surface area contributed by atoms with Crippen molar-refractivity contribution in [3.63, 3.8) is 0 Å². The summed E-state index contributed by atoms with van der Waals surface area (Å²) in [7, 11) is 0. The molecule has 1 aromatic carbocycles. The van der Waals surface area contributed by atoms with E-state index in [-0.39, 0.29) is 52.0 Å². The number of aromatic hydroxyl groups is 1. The standard InChI is InChI=1S/C30H30F2N6O3.CH4.H3P/c1-6-23(40)36-12-13-37(18(5)15-36)28-19-14-21(32)26(24-20(31)8-7-9-22(24)39)34-29(19)38(30(41)35-28)27-17(4)10-11-33-25(27)16(2)3;;/h6-11,14,16,18,39H,1,12-13,15H2,2-5H3;1H4;1H3/t18-;;/m0../s1. The van der Waals surface area contributed by atoms with Crippen molar-refractivity contribution in [2.45, 2.75) is 47.1 Å². The molecule has 0 spiro atoms. The van der Waals surface area contributed by atoms with Crippen LogP contribution in [0.25, 0.3) is 28.0 Å². The van der Waals surface area contributed by atoms with Gasteiger partial charge in [0, 0.05) is 31.9 Å². The summed E-state index contributed by atoms with van der Waals surface area (Å²) >= 11 is 0. The van der Waals surface area contributed by atoms with Gasteiger partial charge in [0.2, 0.25) is 5.91 Å². The first-order chi connectivity index (χ1) is 19.5. The van der Waals surface area contributed by atoms with Gasteiger partial charge >= 0.3 is 5.69 Å². The van der Waals surface area contributed by atoms with Gasteiger partial charge in [0.05, 0.1) is 22.3 Å². The predicted octanol–water partition coefficient (Wildman–Crippen LogP) is 5.18. The maximum Gasteiger partial charge on any atom is 0.355 e. The molecule has 43 heavy (non-hydrogen) atoms. The molecule has 5 rings (SSSR count). The van der Waals surface area contributed by atoms with E-state index in [1.807, 2.05) is 32.6 Å². The van der Waals surface area contributed by atoms with Crippen LogP contribution in [0.1, 0.15) is 45.4 Å². The van der Waals surface area contributed by atoms with E-state index in [9.17, 15) is 19.1 Å². The van der Waals surface area contributed by atoms with Gasteiger partial charge < -0.3 is 14.9 Å². The molecule has 4 aromatic rings. The third-order valence-electron chi connectivity index (χ3n) is 7.34. The number of amides is 1. The first kappa shape index (κ1) is 33.3. The van der Waals surface area contributed by atoms with Crippen LogP contribution in [0, 0.1) is 18.6 Å². The predicted molar refractivity (Wildman–Crippen MR) is 170 cm³/mol. The summed E-state index contributed by atoms with van der Waals surface area (Å²) in [5, 5.41) is 10.7. The lowest BCUT2D eigenvalue weighted by Gasteiger charge is -2.40. The molecule has 1 aliphatic heterocycles. The minimum Gasteiger partial charge on any atom is -0.507 e. The molecule has 1 saturated heterocycles. The Bertz CT molecular complexity index is 1740. The first-order valence-electron chi connectivity index (χ1n) is 13.3. The van der Waals surface area contributed by atoms with Crippen LogP contribution < -0.4 is 10.6 Å². The van der Waals surface area contributed by atoms with Crippen molar-refractivity contribution >= 4 is 32.7 Å². The molecule has 228 valence electrons. The second-order valence-corrected chi connectivity index (χ2v) is 10.4. The average molecular weight is 611 g/mol. The maximum absolute atomic E-state index is 15.8. The monoisotopic (exact) mass is 610 g/mol. The zero-order chi connectivity index (χ0) is 29.6. The zero-order valence-electron chi connectivity index (χ0n) is 23.9. The molecule has 1 fully saturated rings. The molecule has 1 aliphatic rings. The highest BCUT2D eigenvalue weighted by molar-refractivity contribution is 6.92. The quantitative estimate of drug-likeness (QED) is 0.246. The Morgan fingerprint density at radius 2 is 1.88 bits per heavy atom.